The normalized spacial score (nSPS) is 11.3. The Morgan fingerprint density at radius 3 is 2.71 bits per heavy atom. The van der Waals surface area contributed by atoms with Crippen LogP contribution in [0.3, 0.4) is 0 Å². The Labute approximate surface area is 158 Å². The lowest BCUT2D eigenvalue weighted by Gasteiger charge is -2.11. The molecule has 146 valence electrons. The van der Waals surface area contributed by atoms with E-state index in [9.17, 15) is 18.0 Å². The third-order valence-corrected chi connectivity index (χ3v) is 3.82. The lowest BCUT2D eigenvalue weighted by atomic mass is 10.1. The molecule has 1 N–H and O–H groups in total. The van der Waals surface area contributed by atoms with Gasteiger partial charge in [-0.05, 0) is 53.7 Å². The molecular formula is C18H16F3N5O2. The van der Waals surface area contributed by atoms with Gasteiger partial charge in [-0.3, -0.25) is 4.79 Å². The van der Waals surface area contributed by atoms with Gasteiger partial charge in [-0.25, -0.2) is 4.68 Å². The molecule has 0 saturated carbocycles. The molecule has 0 spiro atoms. The van der Waals surface area contributed by atoms with E-state index in [2.05, 4.69) is 20.8 Å². The number of carbonyl (C=O) groups is 1. The van der Waals surface area contributed by atoms with Crippen LogP contribution in [-0.4, -0.2) is 26.1 Å². The zero-order valence-corrected chi connectivity index (χ0v) is 14.8. The number of tetrazole rings is 1. The molecule has 0 bridgehead atoms. The Balaban J connectivity index is 1.69. The Kier molecular flexibility index (Phi) is 5.57. The monoisotopic (exact) mass is 391 g/mol. The second-order valence-corrected chi connectivity index (χ2v) is 5.76. The molecule has 7 nitrogen and oxygen atoms in total. The van der Waals surface area contributed by atoms with E-state index in [1.165, 1.54) is 24.3 Å². The molecule has 2 aromatic carbocycles. The van der Waals surface area contributed by atoms with Gasteiger partial charge in [0.2, 0.25) is 0 Å². The Morgan fingerprint density at radius 1 is 1.18 bits per heavy atom. The van der Waals surface area contributed by atoms with Crippen molar-refractivity contribution in [2.45, 2.75) is 26.3 Å². The van der Waals surface area contributed by atoms with Crippen LogP contribution in [0.1, 0.15) is 28.7 Å². The number of nitrogens with zero attached hydrogens (tertiary/aromatic N) is 4. The van der Waals surface area contributed by atoms with Crippen LogP contribution in [0.25, 0.3) is 0 Å². The molecule has 28 heavy (non-hydrogen) atoms. The third-order valence-electron chi connectivity index (χ3n) is 3.82. The molecule has 0 saturated heterocycles. The molecule has 10 heteroatoms. The summed E-state index contributed by atoms with van der Waals surface area (Å²) in [7, 11) is 0. The van der Waals surface area contributed by atoms with Crippen molar-refractivity contribution in [3.63, 3.8) is 0 Å². The number of anilines is 1. The largest absolute Gasteiger partial charge is 0.486 e. The minimum atomic E-state index is -4.48. The van der Waals surface area contributed by atoms with Crippen molar-refractivity contribution in [2.24, 2.45) is 0 Å². The predicted octanol–water partition coefficient (Wildman–Crippen LogP) is 3.54. The fourth-order valence-corrected chi connectivity index (χ4v) is 2.42. The zero-order chi connectivity index (χ0) is 20.1. The summed E-state index contributed by atoms with van der Waals surface area (Å²) >= 11 is 0. The predicted molar refractivity (Wildman–Crippen MR) is 93.7 cm³/mol. The number of nitrogens with one attached hydrogen (secondary N) is 1. The number of benzene rings is 2. The molecule has 0 atom stereocenters. The molecule has 0 aliphatic rings. The summed E-state index contributed by atoms with van der Waals surface area (Å²) < 4.78 is 45.6. The van der Waals surface area contributed by atoms with Gasteiger partial charge in [0.1, 0.15) is 12.4 Å². The Hall–Kier alpha value is -3.43. The summed E-state index contributed by atoms with van der Waals surface area (Å²) in [5.41, 5.74) is -0.547. The van der Waals surface area contributed by atoms with Gasteiger partial charge in [-0.1, -0.05) is 12.1 Å². The highest BCUT2D eigenvalue weighted by molar-refractivity contribution is 6.04. The van der Waals surface area contributed by atoms with Crippen LogP contribution < -0.4 is 10.1 Å². The van der Waals surface area contributed by atoms with Crippen LogP contribution in [-0.2, 0) is 19.3 Å². The second-order valence-electron chi connectivity index (χ2n) is 5.76. The molecule has 1 heterocycles. The lowest BCUT2D eigenvalue weighted by Crippen LogP contribution is -2.13. The van der Waals surface area contributed by atoms with Crippen LogP contribution in [0.2, 0.25) is 0 Å². The third kappa shape index (κ3) is 4.64. The van der Waals surface area contributed by atoms with Crippen LogP contribution in [0.15, 0.2) is 48.5 Å². The van der Waals surface area contributed by atoms with Crippen LogP contribution in [0.5, 0.6) is 5.75 Å². The van der Waals surface area contributed by atoms with Crippen molar-refractivity contribution < 1.29 is 22.7 Å². The molecule has 0 fully saturated rings. The maximum atomic E-state index is 12.8. The summed E-state index contributed by atoms with van der Waals surface area (Å²) in [6, 6.07) is 10.7. The molecule has 0 aliphatic carbocycles. The van der Waals surface area contributed by atoms with Crippen molar-refractivity contribution in [2.75, 3.05) is 5.32 Å². The maximum absolute atomic E-state index is 12.8. The number of halogens is 3. The maximum Gasteiger partial charge on any atom is 0.416 e. The van der Waals surface area contributed by atoms with Crippen molar-refractivity contribution in [1.82, 2.24) is 20.2 Å². The lowest BCUT2D eigenvalue weighted by molar-refractivity contribution is -0.137. The molecule has 1 aromatic heterocycles. The summed E-state index contributed by atoms with van der Waals surface area (Å²) in [5, 5.41) is 13.7. The van der Waals surface area contributed by atoms with E-state index in [4.69, 9.17) is 4.74 Å². The number of rotatable bonds is 6. The quantitative estimate of drug-likeness (QED) is 0.695. The van der Waals surface area contributed by atoms with E-state index in [1.807, 2.05) is 6.92 Å². The van der Waals surface area contributed by atoms with Gasteiger partial charge in [-0.15, -0.1) is 5.10 Å². The van der Waals surface area contributed by atoms with Gasteiger partial charge in [0, 0.05) is 17.8 Å². The highest BCUT2D eigenvalue weighted by atomic mass is 19.4. The number of hydrogen-bond donors (Lipinski definition) is 1. The van der Waals surface area contributed by atoms with E-state index in [0.717, 1.165) is 12.1 Å². The number of aromatic nitrogens is 4. The number of ether oxygens (including phenoxy) is 1. The van der Waals surface area contributed by atoms with Crippen LogP contribution in [0, 0.1) is 0 Å². The minimum absolute atomic E-state index is 0.0493. The average molecular weight is 391 g/mol. The van der Waals surface area contributed by atoms with Gasteiger partial charge < -0.3 is 10.1 Å². The summed E-state index contributed by atoms with van der Waals surface area (Å²) in [6.07, 6.45) is -4.48. The number of alkyl halides is 3. The number of hydrogen-bond acceptors (Lipinski definition) is 5. The van der Waals surface area contributed by atoms with Crippen molar-refractivity contribution >= 4 is 11.6 Å². The molecule has 0 aliphatic heterocycles. The van der Waals surface area contributed by atoms with Crippen LogP contribution >= 0.6 is 0 Å². The Bertz CT molecular complexity index is 972. The molecule has 0 unspecified atom stereocenters. The minimum Gasteiger partial charge on any atom is -0.486 e. The SMILES string of the molecule is CCn1nnnc1COc1cccc(C(=O)Nc2cccc(C(F)(F)F)c2)c1. The molecular weight excluding hydrogens is 375 g/mol. The van der Waals surface area contributed by atoms with Gasteiger partial charge in [-0.2, -0.15) is 13.2 Å². The first-order valence-electron chi connectivity index (χ1n) is 8.33. The van der Waals surface area contributed by atoms with Gasteiger partial charge in [0.15, 0.2) is 5.82 Å². The first kappa shape index (κ1) is 19.3. The van der Waals surface area contributed by atoms with E-state index in [1.54, 1.807) is 16.8 Å². The molecule has 0 radical (unpaired) electrons. The molecule has 3 rings (SSSR count). The van der Waals surface area contributed by atoms with Gasteiger partial charge in [0.25, 0.3) is 5.91 Å². The second kappa shape index (κ2) is 8.07. The van der Waals surface area contributed by atoms with E-state index in [-0.39, 0.29) is 17.9 Å². The van der Waals surface area contributed by atoms with E-state index < -0.39 is 17.6 Å². The standard InChI is InChI=1S/C18H16F3N5O2/c1-2-26-16(23-24-25-26)11-28-15-8-3-5-12(9-15)17(27)22-14-7-4-6-13(10-14)18(19,20)21/h3-10H,2,11H2,1H3,(H,22,27). The Morgan fingerprint density at radius 2 is 1.96 bits per heavy atom. The van der Waals surface area contributed by atoms with Crippen molar-refractivity contribution in [3.8, 4) is 5.75 Å². The number of amides is 1. The van der Waals surface area contributed by atoms with E-state index >= 15 is 0 Å². The van der Waals surface area contributed by atoms with E-state index in [0.29, 0.717) is 18.1 Å². The van der Waals surface area contributed by atoms with Gasteiger partial charge >= 0.3 is 6.18 Å². The van der Waals surface area contributed by atoms with Crippen molar-refractivity contribution in [3.05, 3.63) is 65.5 Å². The van der Waals surface area contributed by atoms with Crippen LogP contribution in [0.4, 0.5) is 18.9 Å². The smallest absolute Gasteiger partial charge is 0.416 e. The first-order chi connectivity index (χ1) is 13.4. The highest BCUT2D eigenvalue weighted by Crippen LogP contribution is 2.30. The highest BCUT2D eigenvalue weighted by Gasteiger charge is 2.30. The fraction of sp³-hybridized carbons (Fsp3) is 0.222. The number of aryl methyl sites for hydroxylation is 1. The summed E-state index contributed by atoms with van der Waals surface area (Å²) in [6.45, 7) is 2.59. The topological polar surface area (TPSA) is 81.9 Å². The average Bonchev–Trinajstić information content (AvgIpc) is 3.14. The first-order valence-corrected chi connectivity index (χ1v) is 8.33. The summed E-state index contributed by atoms with van der Waals surface area (Å²) in [4.78, 5) is 12.4. The zero-order valence-electron chi connectivity index (χ0n) is 14.8. The fourth-order valence-electron chi connectivity index (χ4n) is 2.42. The molecule has 1 amide bonds. The molecule has 3 aromatic rings. The summed E-state index contributed by atoms with van der Waals surface area (Å²) in [5.74, 6) is 0.381. The van der Waals surface area contributed by atoms with Crippen molar-refractivity contribution in [1.29, 1.82) is 0 Å². The number of carbonyl (C=O) groups excluding carboxylic acids is 1. The van der Waals surface area contributed by atoms with Gasteiger partial charge in [0.05, 0.1) is 5.56 Å².